The van der Waals surface area contributed by atoms with Crippen molar-refractivity contribution in [2.24, 2.45) is 11.8 Å². The molecule has 6 nitrogen and oxygen atoms in total. The van der Waals surface area contributed by atoms with Crippen LogP contribution in [0.3, 0.4) is 0 Å². The number of hydrogen-bond acceptors (Lipinski definition) is 6. The number of benzene rings is 1. The molecular weight excluding hydrogens is 420 g/mol. The van der Waals surface area contributed by atoms with Gasteiger partial charge in [-0.05, 0) is 31.2 Å². The normalized spacial score (nSPS) is 24.8. The maximum atomic E-state index is 11.7. The van der Waals surface area contributed by atoms with E-state index in [1.165, 1.54) is 14.0 Å². The van der Waals surface area contributed by atoms with Crippen LogP contribution in [-0.2, 0) is 25.5 Å². The molecule has 178 valence electrons. The van der Waals surface area contributed by atoms with Gasteiger partial charge in [-0.2, -0.15) is 0 Å². The Labute approximate surface area is 196 Å². The summed E-state index contributed by atoms with van der Waals surface area (Å²) in [6.07, 6.45) is 5.76. The standard InChI is InChI=1S/C27H34O6/c1-5-6-9-17(2)22(29)15-14-20-23(32-18(3)28)16-24-26(20)21-12-7-10-19(27(21)33-24)11-8-13-25(30)31-4/h7,10,12,14-15,17,20,22-24,26,29H,8-9,11,13,16H2,1-4H3/b15-14+/t17-,20+,22-,23-,24+,26+/m1/s1. The van der Waals surface area contributed by atoms with Crippen LogP contribution < -0.4 is 4.74 Å². The minimum absolute atomic E-state index is 0.00611. The highest BCUT2D eigenvalue weighted by Crippen LogP contribution is 2.52. The highest BCUT2D eigenvalue weighted by atomic mass is 16.5. The molecule has 6 atom stereocenters. The minimum Gasteiger partial charge on any atom is -0.489 e. The first kappa shape index (κ1) is 24.9. The third kappa shape index (κ3) is 5.97. The van der Waals surface area contributed by atoms with Gasteiger partial charge in [0.15, 0.2) is 0 Å². The summed E-state index contributed by atoms with van der Waals surface area (Å²) in [7, 11) is 1.40. The fourth-order valence-corrected chi connectivity index (χ4v) is 4.82. The molecule has 1 N–H and O–H groups in total. The summed E-state index contributed by atoms with van der Waals surface area (Å²) in [4.78, 5) is 23.2. The van der Waals surface area contributed by atoms with Crippen molar-refractivity contribution in [2.45, 2.75) is 77.1 Å². The number of rotatable bonds is 9. The Morgan fingerprint density at radius 2 is 2.15 bits per heavy atom. The summed E-state index contributed by atoms with van der Waals surface area (Å²) < 4.78 is 16.8. The van der Waals surface area contributed by atoms with E-state index in [0.29, 0.717) is 25.7 Å². The Hall–Kier alpha value is -2.78. The molecular formula is C27H34O6. The molecule has 0 saturated heterocycles. The van der Waals surface area contributed by atoms with E-state index in [2.05, 4.69) is 17.9 Å². The summed E-state index contributed by atoms with van der Waals surface area (Å²) >= 11 is 0. The molecule has 6 heteroatoms. The van der Waals surface area contributed by atoms with Gasteiger partial charge in [-0.15, -0.1) is 11.8 Å². The number of aryl methyl sites for hydroxylation is 1. The lowest BCUT2D eigenvalue weighted by Crippen LogP contribution is -2.23. The highest BCUT2D eigenvalue weighted by molar-refractivity contribution is 5.69. The Morgan fingerprint density at radius 1 is 1.36 bits per heavy atom. The lowest BCUT2D eigenvalue weighted by Gasteiger charge is -2.22. The van der Waals surface area contributed by atoms with Gasteiger partial charge in [0.25, 0.3) is 0 Å². The molecule has 2 aliphatic rings. The van der Waals surface area contributed by atoms with Crippen LogP contribution in [0.15, 0.2) is 30.4 Å². The fourth-order valence-electron chi connectivity index (χ4n) is 4.82. The van der Waals surface area contributed by atoms with Crippen molar-refractivity contribution in [2.75, 3.05) is 7.11 Å². The zero-order valence-corrected chi connectivity index (χ0v) is 19.9. The second-order valence-corrected chi connectivity index (χ2v) is 8.89. The van der Waals surface area contributed by atoms with Crippen LogP contribution in [0.2, 0.25) is 0 Å². The number of para-hydroxylation sites is 1. The van der Waals surface area contributed by atoms with Crippen LogP contribution in [0.5, 0.6) is 5.75 Å². The number of carbonyl (C=O) groups excluding carboxylic acids is 2. The molecule has 0 unspecified atom stereocenters. The molecule has 0 aromatic heterocycles. The van der Waals surface area contributed by atoms with Crippen LogP contribution in [0.4, 0.5) is 0 Å². The third-order valence-electron chi connectivity index (χ3n) is 6.55. The zero-order valence-electron chi connectivity index (χ0n) is 19.9. The topological polar surface area (TPSA) is 82.1 Å². The molecule has 1 aromatic rings. The second kappa shape index (κ2) is 11.4. The van der Waals surface area contributed by atoms with E-state index in [0.717, 1.165) is 23.3 Å². The predicted molar refractivity (Wildman–Crippen MR) is 125 cm³/mol. The average molecular weight is 455 g/mol. The van der Waals surface area contributed by atoms with Crippen LogP contribution in [0.1, 0.15) is 63.5 Å². The summed E-state index contributed by atoms with van der Waals surface area (Å²) in [6, 6.07) is 6.11. The highest BCUT2D eigenvalue weighted by Gasteiger charge is 2.50. The molecule has 1 heterocycles. The first-order valence-corrected chi connectivity index (χ1v) is 11.6. The van der Waals surface area contributed by atoms with Crippen LogP contribution in [-0.4, -0.2) is 42.5 Å². The SMILES string of the molecule is CC#CC[C@@H](C)[C@H](O)/C=C/[C@@H]1[C@H]2c3cccc(CCCC(=O)OC)c3O[C@H]2C[C@H]1OC(C)=O. The maximum absolute atomic E-state index is 11.7. The summed E-state index contributed by atoms with van der Waals surface area (Å²) in [5.74, 6) is 6.18. The van der Waals surface area contributed by atoms with E-state index >= 15 is 0 Å². The number of ether oxygens (including phenoxy) is 3. The van der Waals surface area contributed by atoms with Crippen LogP contribution in [0, 0.1) is 23.7 Å². The van der Waals surface area contributed by atoms with Gasteiger partial charge in [0.05, 0.1) is 13.2 Å². The van der Waals surface area contributed by atoms with Crippen molar-refractivity contribution < 1.29 is 28.9 Å². The van der Waals surface area contributed by atoms with Gasteiger partial charge in [-0.1, -0.05) is 37.3 Å². The Morgan fingerprint density at radius 3 is 2.85 bits per heavy atom. The van der Waals surface area contributed by atoms with E-state index in [1.807, 2.05) is 31.2 Å². The van der Waals surface area contributed by atoms with Crippen LogP contribution >= 0.6 is 0 Å². The quantitative estimate of drug-likeness (QED) is 0.346. The monoisotopic (exact) mass is 454 g/mol. The van der Waals surface area contributed by atoms with Gasteiger partial charge in [0.1, 0.15) is 18.0 Å². The van der Waals surface area contributed by atoms with E-state index in [1.54, 1.807) is 6.92 Å². The fraction of sp³-hybridized carbons (Fsp3) is 0.556. The molecule has 3 rings (SSSR count). The number of aliphatic hydroxyl groups is 1. The van der Waals surface area contributed by atoms with Crippen molar-refractivity contribution in [3.8, 4) is 17.6 Å². The van der Waals surface area contributed by atoms with Crippen molar-refractivity contribution in [1.82, 2.24) is 0 Å². The van der Waals surface area contributed by atoms with Gasteiger partial charge in [0.2, 0.25) is 0 Å². The molecule has 0 spiro atoms. The number of esters is 2. The Bertz CT molecular complexity index is 940. The Balaban J connectivity index is 1.81. The number of aliphatic hydroxyl groups excluding tert-OH is 1. The Kier molecular flexibility index (Phi) is 8.57. The zero-order chi connectivity index (χ0) is 24.0. The molecule has 0 amide bonds. The van der Waals surface area contributed by atoms with Gasteiger partial charge < -0.3 is 19.3 Å². The molecule has 0 bridgehead atoms. The summed E-state index contributed by atoms with van der Waals surface area (Å²) in [5, 5.41) is 10.6. The number of carbonyl (C=O) groups is 2. The van der Waals surface area contributed by atoms with Gasteiger partial charge >= 0.3 is 11.9 Å². The third-order valence-corrected chi connectivity index (χ3v) is 6.55. The van der Waals surface area contributed by atoms with Gasteiger partial charge in [-0.25, -0.2) is 0 Å². The van der Waals surface area contributed by atoms with E-state index in [-0.39, 0.29) is 41.9 Å². The average Bonchev–Trinajstić information content (AvgIpc) is 3.31. The number of methoxy groups -OCH3 is 1. The van der Waals surface area contributed by atoms with Crippen molar-refractivity contribution in [3.63, 3.8) is 0 Å². The number of hydrogen-bond donors (Lipinski definition) is 1. The summed E-state index contributed by atoms with van der Waals surface area (Å²) in [6.45, 7) is 5.18. The van der Waals surface area contributed by atoms with Crippen LogP contribution in [0.25, 0.3) is 0 Å². The van der Waals surface area contributed by atoms with E-state index in [9.17, 15) is 14.7 Å². The van der Waals surface area contributed by atoms with Crippen molar-refractivity contribution >= 4 is 11.9 Å². The minimum atomic E-state index is -0.630. The lowest BCUT2D eigenvalue weighted by atomic mass is 9.86. The summed E-state index contributed by atoms with van der Waals surface area (Å²) in [5.41, 5.74) is 2.17. The molecule has 1 aromatic carbocycles. The van der Waals surface area contributed by atoms with Crippen molar-refractivity contribution in [3.05, 3.63) is 41.5 Å². The molecule has 0 radical (unpaired) electrons. The van der Waals surface area contributed by atoms with Gasteiger partial charge in [-0.3, -0.25) is 9.59 Å². The molecule has 1 fully saturated rings. The molecule has 1 aliphatic heterocycles. The van der Waals surface area contributed by atoms with E-state index < -0.39 is 6.10 Å². The van der Waals surface area contributed by atoms with Gasteiger partial charge in [0, 0.05) is 43.6 Å². The smallest absolute Gasteiger partial charge is 0.305 e. The first-order valence-electron chi connectivity index (χ1n) is 11.6. The number of fused-ring (bicyclic) bond motifs is 3. The molecule has 33 heavy (non-hydrogen) atoms. The molecule has 1 aliphatic carbocycles. The maximum Gasteiger partial charge on any atom is 0.305 e. The second-order valence-electron chi connectivity index (χ2n) is 8.89. The van der Waals surface area contributed by atoms with E-state index in [4.69, 9.17) is 14.2 Å². The predicted octanol–water partition coefficient (Wildman–Crippen LogP) is 3.95. The largest absolute Gasteiger partial charge is 0.489 e. The molecule has 1 saturated carbocycles. The first-order chi connectivity index (χ1) is 15.8. The lowest BCUT2D eigenvalue weighted by molar-refractivity contribution is -0.147. The van der Waals surface area contributed by atoms with Crippen molar-refractivity contribution in [1.29, 1.82) is 0 Å².